The smallest absolute Gasteiger partial charge is 0.282 e. The standard InChI is InChI=1S/C54H66ClN7O5S/c1-33(35-16-18-37(19-17-35)47-34(2)56-32-68-47)57-49(65)44-30-39(63)31-61(44)51(67)48(53(3,4)5)58-45(64)15-8-6-11-26-60-27-22-36(23-28-60)38-20-21-42-40(29-38)54(24-9-7-10-25-54)52-59-50(66)46-41(55)13-12-14-43(46)62(42)52/h12-14,16-21,29,32-33,36,39,44,48,63H,6-11,15,22-28,30-31H2,1-5H3,(H,57,65)(H,58,64)/t33-,39+,44-,48+/m0/s1. The van der Waals surface area contributed by atoms with E-state index in [1.807, 2.05) is 76.5 Å². The van der Waals surface area contributed by atoms with E-state index in [0.29, 0.717) is 29.2 Å². The SMILES string of the molecule is Cc1ncsc1-c1ccc([C@H](C)NC(=O)[C@@H]2C[C@@H](O)CN2C(=O)[C@@H](NC(=O)CCCCCN2CCC(c3ccc4c(c3)C3(CCCCC3)c3nc(=O)c5c(Cl)cccc5n3-4)CC2)C(C)(C)C)cc1. The second-order valence-electron chi connectivity index (χ2n) is 20.9. The number of amides is 3. The summed E-state index contributed by atoms with van der Waals surface area (Å²) < 4.78 is 2.22. The van der Waals surface area contributed by atoms with E-state index < -0.39 is 23.6 Å². The predicted molar refractivity (Wildman–Crippen MR) is 269 cm³/mol. The van der Waals surface area contributed by atoms with E-state index in [0.717, 1.165) is 110 Å². The van der Waals surface area contributed by atoms with Gasteiger partial charge in [0, 0.05) is 19.4 Å². The molecule has 3 amide bonds. The summed E-state index contributed by atoms with van der Waals surface area (Å²) in [5.74, 6) is 0.477. The maximum Gasteiger partial charge on any atom is 0.282 e. The van der Waals surface area contributed by atoms with Crippen molar-refractivity contribution < 1.29 is 19.5 Å². The van der Waals surface area contributed by atoms with Gasteiger partial charge in [0.2, 0.25) is 17.7 Å². The molecule has 0 unspecified atom stereocenters. The van der Waals surface area contributed by atoms with Gasteiger partial charge >= 0.3 is 0 Å². The molecule has 2 saturated heterocycles. The number of piperidine rings is 1. The molecular weight excluding hydrogens is 894 g/mol. The Morgan fingerprint density at radius 1 is 0.971 bits per heavy atom. The lowest BCUT2D eigenvalue weighted by Gasteiger charge is -2.35. The molecule has 14 heteroatoms. The summed E-state index contributed by atoms with van der Waals surface area (Å²) in [6, 6.07) is 18.7. The highest BCUT2D eigenvalue weighted by Crippen LogP contribution is 2.52. The molecule has 0 bridgehead atoms. The number of halogens is 1. The van der Waals surface area contributed by atoms with Gasteiger partial charge in [-0.2, -0.15) is 4.98 Å². The number of thiazole rings is 1. The highest BCUT2D eigenvalue weighted by molar-refractivity contribution is 7.13. The van der Waals surface area contributed by atoms with Crippen molar-refractivity contribution in [2.75, 3.05) is 26.2 Å². The Balaban J connectivity index is 0.750. The third-order valence-corrected chi connectivity index (χ3v) is 16.6. The molecular formula is C54H66ClN7O5S. The lowest BCUT2D eigenvalue weighted by Crippen LogP contribution is -2.57. The van der Waals surface area contributed by atoms with Gasteiger partial charge in [0.25, 0.3) is 5.56 Å². The summed E-state index contributed by atoms with van der Waals surface area (Å²) in [6.45, 7) is 12.7. The molecule has 3 aliphatic heterocycles. The van der Waals surface area contributed by atoms with E-state index in [1.54, 1.807) is 17.4 Å². The van der Waals surface area contributed by atoms with Gasteiger partial charge in [0.1, 0.15) is 17.9 Å². The number of aliphatic hydroxyl groups excluding tert-OH is 1. The molecule has 4 aliphatic rings. The summed E-state index contributed by atoms with van der Waals surface area (Å²) in [6.07, 6.45) is 9.79. The molecule has 3 N–H and O–H groups in total. The molecule has 1 saturated carbocycles. The van der Waals surface area contributed by atoms with Gasteiger partial charge in [-0.3, -0.25) is 23.7 Å². The summed E-state index contributed by atoms with van der Waals surface area (Å²) in [5.41, 5.74) is 8.34. The van der Waals surface area contributed by atoms with E-state index in [1.165, 1.54) is 22.4 Å². The van der Waals surface area contributed by atoms with Crippen molar-refractivity contribution >= 4 is 51.6 Å². The van der Waals surface area contributed by atoms with Crippen molar-refractivity contribution in [1.82, 2.24) is 35.0 Å². The van der Waals surface area contributed by atoms with Crippen molar-refractivity contribution in [2.45, 2.75) is 147 Å². The van der Waals surface area contributed by atoms with Gasteiger partial charge < -0.3 is 25.5 Å². The third-order valence-electron chi connectivity index (χ3n) is 15.3. The van der Waals surface area contributed by atoms with Crippen LogP contribution in [-0.4, -0.2) is 91.5 Å². The Kier molecular flexibility index (Phi) is 14.0. The lowest BCUT2D eigenvalue weighted by molar-refractivity contribution is -0.144. The van der Waals surface area contributed by atoms with Crippen LogP contribution < -0.4 is 16.2 Å². The molecule has 4 atom stereocenters. The zero-order chi connectivity index (χ0) is 47.9. The first kappa shape index (κ1) is 48.1. The molecule has 9 rings (SSSR count). The van der Waals surface area contributed by atoms with Gasteiger partial charge in [-0.05, 0) is 124 Å². The Morgan fingerprint density at radius 2 is 1.72 bits per heavy atom. The van der Waals surface area contributed by atoms with Crippen molar-refractivity contribution in [1.29, 1.82) is 0 Å². The Labute approximate surface area is 408 Å². The van der Waals surface area contributed by atoms with Crippen LogP contribution in [0.1, 0.15) is 145 Å². The van der Waals surface area contributed by atoms with Crippen molar-refractivity contribution in [3.8, 4) is 16.1 Å². The van der Waals surface area contributed by atoms with Crippen LogP contribution in [0.2, 0.25) is 5.02 Å². The molecule has 5 aromatic rings. The van der Waals surface area contributed by atoms with Gasteiger partial charge in [0.15, 0.2) is 0 Å². The topological polar surface area (TPSA) is 150 Å². The van der Waals surface area contributed by atoms with Crippen LogP contribution in [0.5, 0.6) is 0 Å². The third kappa shape index (κ3) is 9.52. The summed E-state index contributed by atoms with van der Waals surface area (Å²) in [5, 5.41) is 17.7. The molecule has 3 fully saturated rings. The minimum atomic E-state index is -0.855. The van der Waals surface area contributed by atoms with Gasteiger partial charge in [0.05, 0.1) is 55.3 Å². The van der Waals surface area contributed by atoms with E-state index in [4.69, 9.17) is 16.6 Å². The molecule has 1 aliphatic carbocycles. The number of hydrogen-bond acceptors (Lipinski definition) is 9. The highest BCUT2D eigenvalue weighted by Gasteiger charge is 2.47. The van der Waals surface area contributed by atoms with Crippen LogP contribution in [0, 0.1) is 12.3 Å². The molecule has 1 spiro atoms. The van der Waals surface area contributed by atoms with Crippen LogP contribution in [0.4, 0.5) is 0 Å². The number of fused-ring (bicyclic) bond motifs is 7. The minimum Gasteiger partial charge on any atom is -0.391 e. The Bertz CT molecular complexity index is 2730. The summed E-state index contributed by atoms with van der Waals surface area (Å²) in [4.78, 5) is 69.0. The zero-order valence-corrected chi connectivity index (χ0v) is 41.7. The molecule has 2 aromatic heterocycles. The number of β-amino-alcohol motifs (C(OH)–C–C–N with tert-alkyl or cyclic N) is 1. The van der Waals surface area contributed by atoms with Crippen molar-refractivity contribution in [3.63, 3.8) is 0 Å². The maximum atomic E-state index is 14.2. The highest BCUT2D eigenvalue weighted by atomic mass is 35.5. The number of carbonyl (C=O) groups excluding carboxylic acids is 3. The van der Waals surface area contributed by atoms with Crippen LogP contribution in [0.3, 0.4) is 0 Å². The normalized spacial score (nSPS) is 20.3. The molecule has 360 valence electrons. The summed E-state index contributed by atoms with van der Waals surface area (Å²) in [7, 11) is 0. The first-order valence-electron chi connectivity index (χ1n) is 24.8. The Hall–Kier alpha value is -4.95. The monoisotopic (exact) mass is 959 g/mol. The molecule has 0 radical (unpaired) electrons. The number of aryl methyl sites for hydroxylation is 1. The number of carbonyl (C=O) groups is 3. The second-order valence-corrected chi connectivity index (χ2v) is 22.2. The van der Waals surface area contributed by atoms with E-state index in [2.05, 4.69) is 43.3 Å². The quantitative estimate of drug-likeness (QED) is 0.0990. The first-order chi connectivity index (χ1) is 32.6. The van der Waals surface area contributed by atoms with E-state index in [9.17, 15) is 24.3 Å². The fourth-order valence-corrected chi connectivity index (χ4v) is 12.5. The number of aliphatic hydroxyl groups is 1. The minimum absolute atomic E-state index is 0.0332. The van der Waals surface area contributed by atoms with Gasteiger partial charge in [-0.15, -0.1) is 11.3 Å². The van der Waals surface area contributed by atoms with Gasteiger partial charge in [-0.1, -0.05) is 101 Å². The van der Waals surface area contributed by atoms with Crippen LogP contribution >= 0.6 is 22.9 Å². The largest absolute Gasteiger partial charge is 0.391 e. The van der Waals surface area contributed by atoms with Crippen LogP contribution in [0.25, 0.3) is 27.0 Å². The number of hydrogen-bond donors (Lipinski definition) is 3. The van der Waals surface area contributed by atoms with Crippen LogP contribution in [-0.2, 0) is 19.8 Å². The first-order valence-corrected chi connectivity index (χ1v) is 26.1. The molecule has 5 heterocycles. The van der Waals surface area contributed by atoms with Crippen LogP contribution in [0.15, 0.2) is 71.0 Å². The predicted octanol–water partition coefficient (Wildman–Crippen LogP) is 9.14. The van der Waals surface area contributed by atoms with E-state index in [-0.39, 0.29) is 47.7 Å². The zero-order valence-electron chi connectivity index (χ0n) is 40.2. The number of benzene rings is 3. The molecule has 68 heavy (non-hydrogen) atoms. The van der Waals surface area contributed by atoms with Crippen molar-refractivity contribution in [2.24, 2.45) is 5.41 Å². The second kappa shape index (κ2) is 19.8. The summed E-state index contributed by atoms with van der Waals surface area (Å²) >= 11 is 8.16. The number of rotatable bonds is 13. The maximum absolute atomic E-state index is 14.2. The van der Waals surface area contributed by atoms with E-state index >= 15 is 0 Å². The number of aromatic nitrogens is 3. The average Bonchev–Trinajstić information content (AvgIpc) is 4.01. The number of nitrogens with zero attached hydrogens (tertiary/aromatic N) is 5. The number of nitrogens with one attached hydrogen (secondary N) is 2. The number of unbranched alkanes of at least 4 members (excludes halogenated alkanes) is 2. The number of likely N-dealkylation sites (tertiary alicyclic amines) is 2. The van der Waals surface area contributed by atoms with Gasteiger partial charge in [-0.25, -0.2) is 4.98 Å². The molecule has 12 nitrogen and oxygen atoms in total. The Morgan fingerprint density at radius 3 is 2.43 bits per heavy atom. The fraction of sp³-hybridized carbons (Fsp3) is 0.519. The molecule has 3 aromatic carbocycles. The average molecular weight is 961 g/mol. The lowest BCUT2D eigenvalue weighted by atomic mass is 9.69. The fourth-order valence-electron chi connectivity index (χ4n) is 11.5. The van der Waals surface area contributed by atoms with Crippen molar-refractivity contribution in [3.05, 3.63) is 110 Å².